The van der Waals surface area contributed by atoms with Crippen molar-refractivity contribution in [1.82, 2.24) is 9.80 Å². The molecule has 0 radical (unpaired) electrons. The van der Waals surface area contributed by atoms with Gasteiger partial charge < -0.3 is 10.2 Å². The van der Waals surface area contributed by atoms with Gasteiger partial charge in [-0.2, -0.15) is 0 Å². The number of benzene rings is 2. The summed E-state index contributed by atoms with van der Waals surface area (Å²) in [4.78, 5) is 16.6. The molecule has 0 bridgehead atoms. The second-order valence-corrected chi connectivity index (χ2v) is 7.07. The first kappa shape index (κ1) is 18.1. The highest BCUT2D eigenvalue weighted by Crippen LogP contribution is 2.29. The fourth-order valence-electron chi connectivity index (χ4n) is 2.86. The molecule has 0 aliphatic carbocycles. The second kappa shape index (κ2) is 8.09. The number of halogens is 2. The first-order valence-electron chi connectivity index (χ1n) is 8.31. The smallest absolute Gasteiger partial charge is 0.321 e. The standard InChI is InChI=1S/C19H21Cl2N3O/c1-14-5-7-15(8-6-14)13-23-9-11-24(12-10-23)19(25)22-17-4-2-3-16(20)18(17)21/h2-8H,9-13H2,1H3,(H,22,25). The van der Waals surface area contributed by atoms with Gasteiger partial charge in [0.1, 0.15) is 0 Å². The Kier molecular flexibility index (Phi) is 5.84. The van der Waals surface area contributed by atoms with E-state index in [1.807, 2.05) is 4.90 Å². The number of anilines is 1. The molecule has 0 saturated carbocycles. The van der Waals surface area contributed by atoms with Crippen molar-refractivity contribution in [3.8, 4) is 0 Å². The lowest BCUT2D eigenvalue weighted by atomic mass is 10.1. The molecular formula is C19H21Cl2N3O. The summed E-state index contributed by atoms with van der Waals surface area (Å²) in [7, 11) is 0. The summed E-state index contributed by atoms with van der Waals surface area (Å²) in [5, 5.41) is 3.65. The van der Waals surface area contributed by atoms with Crippen LogP contribution in [-0.4, -0.2) is 42.0 Å². The van der Waals surface area contributed by atoms with E-state index in [1.54, 1.807) is 18.2 Å². The maximum atomic E-state index is 12.4. The SMILES string of the molecule is Cc1ccc(CN2CCN(C(=O)Nc3cccc(Cl)c3Cl)CC2)cc1. The topological polar surface area (TPSA) is 35.6 Å². The number of nitrogens with one attached hydrogen (secondary N) is 1. The van der Waals surface area contributed by atoms with Crippen LogP contribution in [-0.2, 0) is 6.54 Å². The van der Waals surface area contributed by atoms with Crippen LogP contribution in [0, 0.1) is 6.92 Å². The van der Waals surface area contributed by atoms with Gasteiger partial charge in [-0.1, -0.05) is 59.1 Å². The fourth-order valence-corrected chi connectivity index (χ4v) is 3.20. The van der Waals surface area contributed by atoms with Crippen LogP contribution in [0.4, 0.5) is 10.5 Å². The average Bonchev–Trinajstić information content (AvgIpc) is 2.61. The Hall–Kier alpha value is -1.75. The summed E-state index contributed by atoms with van der Waals surface area (Å²) in [5.74, 6) is 0. The van der Waals surface area contributed by atoms with Gasteiger partial charge in [0.05, 0.1) is 15.7 Å². The van der Waals surface area contributed by atoms with Gasteiger partial charge in [-0.05, 0) is 24.6 Å². The van der Waals surface area contributed by atoms with Crippen molar-refractivity contribution in [3.05, 3.63) is 63.6 Å². The summed E-state index contributed by atoms with van der Waals surface area (Å²) in [6, 6.07) is 13.7. The normalized spacial score (nSPS) is 15.2. The largest absolute Gasteiger partial charge is 0.322 e. The van der Waals surface area contributed by atoms with Crippen LogP contribution in [0.5, 0.6) is 0 Å². The molecule has 0 atom stereocenters. The van der Waals surface area contributed by atoms with Crippen LogP contribution in [0.2, 0.25) is 10.0 Å². The number of amides is 2. The molecule has 1 heterocycles. The highest BCUT2D eigenvalue weighted by molar-refractivity contribution is 6.43. The van der Waals surface area contributed by atoms with Gasteiger partial charge in [-0.3, -0.25) is 4.90 Å². The number of hydrogen-bond acceptors (Lipinski definition) is 2. The second-order valence-electron chi connectivity index (χ2n) is 6.28. The Labute approximate surface area is 158 Å². The number of nitrogens with zero attached hydrogens (tertiary/aromatic N) is 2. The lowest BCUT2D eigenvalue weighted by Crippen LogP contribution is -2.49. The average molecular weight is 378 g/mol. The molecule has 1 fully saturated rings. The van der Waals surface area contributed by atoms with Crippen LogP contribution in [0.1, 0.15) is 11.1 Å². The molecule has 0 unspecified atom stereocenters. The molecule has 0 aromatic heterocycles. The summed E-state index contributed by atoms with van der Waals surface area (Å²) < 4.78 is 0. The Morgan fingerprint density at radius 3 is 2.40 bits per heavy atom. The summed E-state index contributed by atoms with van der Waals surface area (Å²) in [6.45, 7) is 6.09. The Balaban J connectivity index is 1.52. The van der Waals surface area contributed by atoms with Crippen molar-refractivity contribution >= 4 is 34.9 Å². The number of rotatable bonds is 3. The lowest BCUT2D eigenvalue weighted by molar-refractivity contribution is 0.143. The molecule has 4 nitrogen and oxygen atoms in total. The van der Waals surface area contributed by atoms with E-state index in [9.17, 15) is 4.79 Å². The summed E-state index contributed by atoms with van der Waals surface area (Å²) in [5.41, 5.74) is 3.11. The maximum Gasteiger partial charge on any atom is 0.321 e. The minimum atomic E-state index is -0.140. The van der Waals surface area contributed by atoms with Crippen LogP contribution >= 0.6 is 23.2 Å². The quantitative estimate of drug-likeness (QED) is 0.844. The molecule has 1 N–H and O–H groups in total. The maximum absolute atomic E-state index is 12.4. The molecule has 25 heavy (non-hydrogen) atoms. The van der Waals surface area contributed by atoms with Gasteiger partial charge in [0, 0.05) is 32.7 Å². The summed E-state index contributed by atoms with van der Waals surface area (Å²) in [6.07, 6.45) is 0. The van der Waals surface area contributed by atoms with Crippen LogP contribution in [0.15, 0.2) is 42.5 Å². The van der Waals surface area contributed by atoms with Gasteiger partial charge in [-0.15, -0.1) is 0 Å². The zero-order valence-corrected chi connectivity index (χ0v) is 15.6. The third-order valence-electron chi connectivity index (χ3n) is 4.38. The molecule has 6 heteroatoms. The summed E-state index contributed by atoms with van der Waals surface area (Å²) >= 11 is 12.1. The number of hydrogen-bond donors (Lipinski definition) is 1. The van der Waals surface area contributed by atoms with E-state index in [0.29, 0.717) is 28.8 Å². The number of carbonyl (C=O) groups excluding carboxylic acids is 1. The molecule has 1 aliphatic rings. The molecule has 1 saturated heterocycles. The number of aryl methyl sites for hydroxylation is 1. The molecule has 3 rings (SSSR count). The van der Waals surface area contributed by atoms with E-state index >= 15 is 0 Å². The first-order valence-corrected chi connectivity index (χ1v) is 9.06. The molecule has 2 aromatic carbocycles. The van der Waals surface area contributed by atoms with Crippen molar-refractivity contribution in [3.63, 3.8) is 0 Å². The Morgan fingerprint density at radius 1 is 1.04 bits per heavy atom. The predicted octanol–water partition coefficient (Wildman–Crippen LogP) is 4.65. The van der Waals surface area contributed by atoms with Gasteiger partial charge in [0.15, 0.2) is 0 Å². The Morgan fingerprint density at radius 2 is 1.72 bits per heavy atom. The van der Waals surface area contributed by atoms with Gasteiger partial charge >= 0.3 is 6.03 Å². The minimum Gasteiger partial charge on any atom is -0.322 e. The van der Waals surface area contributed by atoms with Crippen molar-refractivity contribution in [2.24, 2.45) is 0 Å². The van der Waals surface area contributed by atoms with Crippen molar-refractivity contribution in [2.75, 3.05) is 31.5 Å². The van der Waals surface area contributed by atoms with Crippen LogP contribution < -0.4 is 5.32 Å². The number of urea groups is 1. The highest BCUT2D eigenvalue weighted by atomic mass is 35.5. The predicted molar refractivity (Wildman–Crippen MR) is 104 cm³/mol. The van der Waals surface area contributed by atoms with E-state index in [-0.39, 0.29) is 6.03 Å². The zero-order valence-electron chi connectivity index (χ0n) is 14.1. The van der Waals surface area contributed by atoms with E-state index < -0.39 is 0 Å². The van der Waals surface area contributed by atoms with E-state index in [0.717, 1.165) is 19.6 Å². The third kappa shape index (κ3) is 4.66. The van der Waals surface area contributed by atoms with E-state index in [1.165, 1.54) is 11.1 Å². The zero-order chi connectivity index (χ0) is 17.8. The lowest BCUT2D eigenvalue weighted by Gasteiger charge is -2.34. The molecular weight excluding hydrogens is 357 g/mol. The van der Waals surface area contributed by atoms with Gasteiger partial charge in [0.2, 0.25) is 0 Å². The molecule has 0 spiro atoms. The van der Waals surface area contributed by atoms with Crippen molar-refractivity contribution < 1.29 is 4.79 Å². The first-order chi connectivity index (χ1) is 12.0. The van der Waals surface area contributed by atoms with E-state index in [2.05, 4.69) is 41.4 Å². The molecule has 1 aliphatic heterocycles. The minimum absolute atomic E-state index is 0.140. The number of carbonyl (C=O) groups is 1. The van der Waals surface area contributed by atoms with Crippen molar-refractivity contribution in [1.29, 1.82) is 0 Å². The van der Waals surface area contributed by atoms with Gasteiger partial charge in [0.25, 0.3) is 0 Å². The van der Waals surface area contributed by atoms with Gasteiger partial charge in [-0.25, -0.2) is 4.79 Å². The fraction of sp³-hybridized carbons (Fsp3) is 0.316. The number of piperazine rings is 1. The molecule has 2 aromatic rings. The molecule has 132 valence electrons. The van der Waals surface area contributed by atoms with E-state index in [4.69, 9.17) is 23.2 Å². The molecule has 2 amide bonds. The Bertz CT molecular complexity index is 741. The monoisotopic (exact) mass is 377 g/mol. The third-order valence-corrected chi connectivity index (χ3v) is 5.20. The highest BCUT2D eigenvalue weighted by Gasteiger charge is 2.21. The van der Waals surface area contributed by atoms with Crippen LogP contribution in [0.3, 0.4) is 0 Å². The van der Waals surface area contributed by atoms with Crippen LogP contribution in [0.25, 0.3) is 0 Å². The van der Waals surface area contributed by atoms with Crippen molar-refractivity contribution in [2.45, 2.75) is 13.5 Å².